The standard InChI is InChI=1S/C17H13F4NO3/c18-13-5-4-12(15(23)24)14-11(13)6-9-22(14)10-16(25-17(19,20)21)7-2-1-3-8-16/h1-7,9H,8,10H2,(H,23,24). The van der Waals surface area contributed by atoms with Gasteiger partial charge in [0.1, 0.15) is 11.4 Å². The van der Waals surface area contributed by atoms with Crippen molar-refractivity contribution in [3.63, 3.8) is 0 Å². The predicted molar refractivity (Wildman–Crippen MR) is 81.6 cm³/mol. The maximum atomic E-state index is 13.9. The van der Waals surface area contributed by atoms with Gasteiger partial charge in [-0.3, -0.25) is 4.74 Å². The van der Waals surface area contributed by atoms with E-state index in [9.17, 15) is 27.5 Å². The Bertz CT molecular complexity index is 882. The molecular formula is C17H13F4NO3. The first-order valence-electron chi connectivity index (χ1n) is 7.33. The second kappa shape index (κ2) is 6.03. The van der Waals surface area contributed by atoms with Crippen molar-refractivity contribution in [2.75, 3.05) is 0 Å². The number of benzene rings is 1. The Morgan fingerprint density at radius 3 is 2.64 bits per heavy atom. The maximum Gasteiger partial charge on any atom is 0.523 e. The number of carbonyl (C=O) groups is 1. The van der Waals surface area contributed by atoms with Gasteiger partial charge in [0.05, 0.1) is 17.6 Å². The van der Waals surface area contributed by atoms with Gasteiger partial charge in [-0.05, 0) is 18.2 Å². The number of allylic oxidation sites excluding steroid dienone is 2. The van der Waals surface area contributed by atoms with Crippen LogP contribution < -0.4 is 0 Å². The molecule has 0 saturated carbocycles. The normalized spacial score (nSPS) is 20.3. The molecule has 1 atom stereocenters. The molecule has 1 unspecified atom stereocenters. The fourth-order valence-electron chi connectivity index (χ4n) is 2.98. The topological polar surface area (TPSA) is 51.5 Å². The first-order chi connectivity index (χ1) is 11.7. The van der Waals surface area contributed by atoms with Crippen molar-refractivity contribution in [3.05, 3.63) is 60.1 Å². The summed E-state index contributed by atoms with van der Waals surface area (Å²) in [6.45, 7) is -0.319. The van der Waals surface area contributed by atoms with E-state index in [1.54, 1.807) is 6.08 Å². The van der Waals surface area contributed by atoms with Crippen LogP contribution in [0.5, 0.6) is 0 Å². The summed E-state index contributed by atoms with van der Waals surface area (Å²) < 4.78 is 58.1. The number of aromatic carboxylic acids is 1. The van der Waals surface area contributed by atoms with Gasteiger partial charge in [0.25, 0.3) is 0 Å². The number of hydrogen-bond acceptors (Lipinski definition) is 2. The SMILES string of the molecule is O=C(O)c1ccc(F)c2ccn(CC3(OC(F)(F)F)C=CC=CC3)c12. The summed E-state index contributed by atoms with van der Waals surface area (Å²) in [7, 11) is 0. The lowest BCUT2D eigenvalue weighted by molar-refractivity contribution is -0.359. The highest BCUT2D eigenvalue weighted by Crippen LogP contribution is 2.34. The van der Waals surface area contributed by atoms with Gasteiger partial charge < -0.3 is 9.67 Å². The zero-order valence-corrected chi connectivity index (χ0v) is 12.8. The minimum Gasteiger partial charge on any atom is -0.478 e. The predicted octanol–water partition coefficient (Wildman–Crippen LogP) is 4.27. The number of rotatable bonds is 4. The van der Waals surface area contributed by atoms with E-state index in [0.29, 0.717) is 0 Å². The van der Waals surface area contributed by atoms with Crippen molar-refractivity contribution in [2.45, 2.75) is 24.9 Å². The third-order valence-electron chi connectivity index (χ3n) is 3.97. The molecule has 0 amide bonds. The molecule has 132 valence electrons. The zero-order valence-electron chi connectivity index (χ0n) is 12.8. The second-order valence-corrected chi connectivity index (χ2v) is 5.71. The van der Waals surface area contributed by atoms with Crippen molar-refractivity contribution < 1.29 is 32.2 Å². The average Bonchev–Trinajstić information content (AvgIpc) is 2.91. The number of fused-ring (bicyclic) bond motifs is 1. The molecule has 0 saturated heterocycles. The van der Waals surface area contributed by atoms with Crippen LogP contribution in [0.15, 0.2) is 48.7 Å². The number of nitrogens with zero attached hydrogens (tertiary/aromatic N) is 1. The molecule has 1 N–H and O–H groups in total. The molecule has 3 rings (SSSR count). The van der Waals surface area contributed by atoms with Gasteiger partial charge in [0, 0.05) is 18.0 Å². The Kier molecular flexibility index (Phi) is 4.16. The molecule has 1 aliphatic carbocycles. The molecule has 0 bridgehead atoms. The molecular weight excluding hydrogens is 342 g/mol. The number of alkyl halides is 3. The van der Waals surface area contributed by atoms with E-state index in [4.69, 9.17) is 0 Å². The van der Waals surface area contributed by atoms with E-state index >= 15 is 0 Å². The van der Waals surface area contributed by atoms with Gasteiger partial charge in [-0.15, -0.1) is 13.2 Å². The van der Waals surface area contributed by atoms with Gasteiger partial charge in [-0.2, -0.15) is 0 Å². The summed E-state index contributed by atoms with van der Waals surface area (Å²) in [4.78, 5) is 11.4. The van der Waals surface area contributed by atoms with Gasteiger partial charge >= 0.3 is 12.3 Å². The lowest BCUT2D eigenvalue weighted by Gasteiger charge is -2.32. The molecule has 25 heavy (non-hydrogen) atoms. The van der Waals surface area contributed by atoms with Crippen LogP contribution in [0.2, 0.25) is 0 Å². The van der Waals surface area contributed by atoms with Crippen molar-refractivity contribution in [3.8, 4) is 0 Å². The van der Waals surface area contributed by atoms with Crippen LogP contribution in [0, 0.1) is 5.82 Å². The molecule has 0 aliphatic heterocycles. The quantitative estimate of drug-likeness (QED) is 0.834. The van der Waals surface area contributed by atoms with E-state index in [0.717, 1.165) is 12.1 Å². The zero-order chi connectivity index (χ0) is 18.2. The molecule has 1 aromatic carbocycles. The fraction of sp³-hybridized carbons (Fsp3) is 0.235. The smallest absolute Gasteiger partial charge is 0.478 e. The Labute approximate surface area is 139 Å². The molecule has 0 fully saturated rings. The summed E-state index contributed by atoms with van der Waals surface area (Å²) >= 11 is 0. The molecule has 1 heterocycles. The second-order valence-electron chi connectivity index (χ2n) is 5.71. The lowest BCUT2D eigenvalue weighted by Crippen LogP contribution is -2.40. The van der Waals surface area contributed by atoms with E-state index < -0.39 is 23.7 Å². The van der Waals surface area contributed by atoms with Crippen LogP contribution >= 0.6 is 0 Å². The van der Waals surface area contributed by atoms with E-state index in [1.807, 2.05) is 0 Å². The molecule has 1 aliphatic rings. The van der Waals surface area contributed by atoms with Crippen LogP contribution in [0.25, 0.3) is 10.9 Å². The molecule has 1 aromatic heterocycles. The van der Waals surface area contributed by atoms with Crippen LogP contribution in [0.4, 0.5) is 17.6 Å². The number of hydrogen-bond donors (Lipinski definition) is 1. The number of ether oxygens (including phenoxy) is 1. The van der Waals surface area contributed by atoms with Gasteiger partial charge in [-0.25, -0.2) is 9.18 Å². The summed E-state index contributed by atoms with van der Waals surface area (Å²) in [5.74, 6) is -1.95. The van der Waals surface area contributed by atoms with Crippen LogP contribution in [-0.2, 0) is 11.3 Å². The Morgan fingerprint density at radius 2 is 2.04 bits per heavy atom. The molecule has 0 spiro atoms. The van der Waals surface area contributed by atoms with Crippen molar-refractivity contribution >= 4 is 16.9 Å². The number of halogens is 4. The van der Waals surface area contributed by atoms with Gasteiger partial charge in [0.15, 0.2) is 0 Å². The van der Waals surface area contributed by atoms with Crippen LogP contribution in [0.1, 0.15) is 16.8 Å². The molecule has 2 aromatic rings. The molecule has 8 heteroatoms. The highest BCUT2D eigenvalue weighted by atomic mass is 19.4. The summed E-state index contributed by atoms with van der Waals surface area (Å²) in [5.41, 5.74) is -1.92. The van der Waals surface area contributed by atoms with Gasteiger partial charge in [0.2, 0.25) is 0 Å². The van der Waals surface area contributed by atoms with E-state index in [1.165, 1.54) is 35.1 Å². The van der Waals surface area contributed by atoms with E-state index in [2.05, 4.69) is 4.74 Å². The van der Waals surface area contributed by atoms with Crippen molar-refractivity contribution in [1.29, 1.82) is 0 Å². The minimum absolute atomic E-state index is 0.0144. The highest BCUT2D eigenvalue weighted by Gasteiger charge is 2.42. The number of carboxylic acid groups (broad SMARTS) is 1. The summed E-state index contributed by atoms with van der Waals surface area (Å²) in [6, 6.07) is 3.44. The van der Waals surface area contributed by atoms with Crippen LogP contribution in [-0.4, -0.2) is 27.6 Å². The third-order valence-corrected chi connectivity index (χ3v) is 3.97. The minimum atomic E-state index is -4.88. The summed E-state index contributed by atoms with van der Waals surface area (Å²) in [6.07, 6.45) is 2.24. The van der Waals surface area contributed by atoms with Crippen molar-refractivity contribution in [1.82, 2.24) is 4.57 Å². The third kappa shape index (κ3) is 3.43. The van der Waals surface area contributed by atoms with Gasteiger partial charge in [-0.1, -0.05) is 24.3 Å². The average molecular weight is 355 g/mol. The molecule has 4 nitrogen and oxygen atoms in total. The number of aromatic nitrogens is 1. The first kappa shape index (κ1) is 17.2. The Morgan fingerprint density at radius 1 is 1.28 bits per heavy atom. The van der Waals surface area contributed by atoms with Crippen LogP contribution in [0.3, 0.4) is 0 Å². The van der Waals surface area contributed by atoms with E-state index in [-0.39, 0.29) is 29.4 Å². The first-order valence-corrected chi connectivity index (χ1v) is 7.33. The number of carboxylic acids is 1. The molecule has 0 radical (unpaired) electrons. The Balaban J connectivity index is 2.09. The fourth-order valence-corrected chi connectivity index (χ4v) is 2.98. The lowest BCUT2D eigenvalue weighted by atomic mass is 9.94. The maximum absolute atomic E-state index is 13.9. The summed E-state index contributed by atoms with van der Waals surface area (Å²) in [5, 5.41) is 9.33. The Hall–Kier alpha value is -2.61. The van der Waals surface area contributed by atoms with Crippen molar-refractivity contribution in [2.24, 2.45) is 0 Å². The monoisotopic (exact) mass is 355 g/mol. The highest BCUT2D eigenvalue weighted by molar-refractivity contribution is 6.02. The largest absolute Gasteiger partial charge is 0.523 e.